The van der Waals surface area contributed by atoms with E-state index in [1.807, 2.05) is 0 Å². The molecule has 0 heterocycles. The second kappa shape index (κ2) is 6.10. The van der Waals surface area contributed by atoms with E-state index in [1.165, 1.54) is 6.92 Å². The fraction of sp³-hybridized carbons (Fsp3) is 0.600. The topological polar surface area (TPSA) is 138 Å². The molecule has 8 heteroatoms. The van der Waals surface area contributed by atoms with Gasteiger partial charge in [-0.2, -0.15) is 0 Å². The number of aliphatic hydroxyl groups is 1. The molecule has 0 bridgehead atoms. The van der Waals surface area contributed by atoms with Crippen LogP contribution < -0.4 is 0 Å². The van der Waals surface area contributed by atoms with Crippen molar-refractivity contribution >= 4 is 23.7 Å². The molecule has 3 N–H and O–H groups in total. The van der Waals surface area contributed by atoms with Gasteiger partial charge in [-0.15, -0.1) is 0 Å². The third-order valence-corrected chi connectivity index (χ3v) is 2.20. The molecule has 2 atom stereocenters. The SMILES string of the molecule is CCOC(=O)C(C(C)=O)C(O)(CC(=O)O)C(=O)O. The summed E-state index contributed by atoms with van der Waals surface area (Å²) >= 11 is 0. The van der Waals surface area contributed by atoms with E-state index in [0.29, 0.717) is 0 Å². The lowest BCUT2D eigenvalue weighted by atomic mass is 9.82. The molecular weight excluding hydrogens is 248 g/mol. The van der Waals surface area contributed by atoms with Gasteiger partial charge in [0.05, 0.1) is 13.0 Å². The summed E-state index contributed by atoms with van der Waals surface area (Å²) in [7, 11) is 0. The van der Waals surface area contributed by atoms with Crippen LogP contribution in [0.25, 0.3) is 0 Å². The lowest BCUT2D eigenvalue weighted by Crippen LogP contribution is -2.53. The zero-order valence-electron chi connectivity index (χ0n) is 9.87. The number of ketones is 1. The average molecular weight is 262 g/mol. The molecule has 0 aliphatic carbocycles. The van der Waals surface area contributed by atoms with Crippen molar-refractivity contribution in [1.82, 2.24) is 0 Å². The van der Waals surface area contributed by atoms with Gasteiger partial charge in [0.25, 0.3) is 0 Å². The van der Waals surface area contributed by atoms with E-state index in [1.54, 1.807) is 0 Å². The van der Waals surface area contributed by atoms with E-state index in [0.717, 1.165) is 6.92 Å². The molecule has 0 aliphatic heterocycles. The molecule has 0 saturated heterocycles. The number of ether oxygens (including phenoxy) is 1. The van der Waals surface area contributed by atoms with Gasteiger partial charge in [-0.1, -0.05) is 0 Å². The van der Waals surface area contributed by atoms with Crippen molar-refractivity contribution in [3.05, 3.63) is 0 Å². The fourth-order valence-electron chi connectivity index (χ4n) is 1.45. The third kappa shape index (κ3) is 3.52. The predicted octanol–water partition coefficient (Wildman–Crippen LogP) is -0.955. The maximum absolute atomic E-state index is 11.5. The highest BCUT2D eigenvalue weighted by Crippen LogP contribution is 2.25. The predicted molar refractivity (Wildman–Crippen MR) is 55.6 cm³/mol. The van der Waals surface area contributed by atoms with Crippen LogP contribution >= 0.6 is 0 Å². The zero-order valence-corrected chi connectivity index (χ0v) is 9.87. The summed E-state index contributed by atoms with van der Waals surface area (Å²) in [5.41, 5.74) is -3.02. The van der Waals surface area contributed by atoms with Crippen molar-refractivity contribution in [2.45, 2.75) is 25.9 Å². The van der Waals surface area contributed by atoms with Crippen molar-refractivity contribution in [1.29, 1.82) is 0 Å². The molecule has 0 amide bonds. The Morgan fingerprint density at radius 3 is 2.00 bits per heavy atom. The summed E-state index contributed by atoms with van der Waals surface area (Å²) in [6.07, 6.45) is -1.29. The molecule has 18 heavy (non-hydrogen) atoms. The number of carboxylic acids is 2. The van der Waals surface area contributed by atoms with E-state index >= 15 is 0 Å². The first-order chi connectivity index (χ1) is 8.16. The van der Waals surface area contributed by atoms with Gasteiger partial charge in [-0.05, 0) is 13.8 Å². The van der Waals surface area contributed by atoms with Crippen LogP contribution in [0.15, 0.2) is 0 Å². The van der Waals surface area contributed by atoms with Crippen LogP contribution in [-0.4, -0.2) is 51.2 Å². The highest BCUT2D eigenvalue weighted by molar-refractivity contribution is 6.05. The Bertz CT molecular complexity index is 374. The van der Waals surface area contributed by atoms with Crippen LogP contribution in [-0.2, 0) is 23.9 Å². The van der Waals surface area contributed by atoms with Crippen LogP contribution in [0.2, 0.25) is 0 Å². The minimum atomic E-state index is -3.02. The van der Waals surface area contributed by atoms with E-state index in [2.05, 4.69) is 4.74 Å². The number of carboxylic acid groups (broad SMARTS) is 2. The summed E-state index contributed by atoms with van der Waals surface area (Å²) < 4.78 is 4.47. The number of rotatable bonds is 7. The number of Topliss-reactive ketones (excluding diaryl/α,β-unsaturated/α-hetero) is 1. The molecule has 8 nitrogen and oxygen atoms in total. The molecule has 0 aromatic rings. The second-order valence-electron chi connectivity index (χ2n) is 3.60. The molecule has 0 radical (unpaired) electrons. The van der Waals surface area contributed by atoms with Crippen LogP contribution in [0.4, 0.5) is 0 Å². The summed E-state index contributed by atoms with van der Waals surface area (Å²) in [6, 6.07) is 0. The largest absolute Gasteiger partial charge is 0.481 e. The molecule has 0 fully saturated rings. The molecule has 0 aliphatic rings. The Balaban J connectivity index is 5.50. The molecule has 0 spiro atoms. The first-order valence-corrected chi connectivity index (χ1v) is 5.01. The Labute approximate surface area is 102 Å². The number of esters is 1. The third-order valence-electron chi connectivity index (χ3n) is 2.20. The van der Waals surface area contributed by atoms with E-state index in [4.69, 9.17) is 10.2 Å². The fourth-order valence-corrected chi connectivity index (χ4v) is 1.45. The zero-order chi connectivity index (χ0) is 14.5. The molecule has 0 aromatic carbocycles. The average Bonchev–Trinajstić information content (AvgIpc) is 2.15. The minimum absolute atomic E-state index is 0.134. The quantitative estimate of drug-likeness (QED) is 0.394. The van der Waals surface area contributed by atoms with E-state index in [-0.39, 0.29) is 6.61 Å². The number of aliphatic carboxylic acids is 2. The molecule has 0 saturated carbocycles. The lowest BCUT2D eigenvalue weighted by Gasteiger charge is -2.27. The van der Waals surface area contributed by atoms with Crippen molar-refractivity contribution < 1.29 is 39.2 Å². The molecule has 0 rings (SSSR count). The Hall–Kier alpha value is -1.96. The van der Waals surface area contributed by atoms with Gasteiger partial charge >= 0.3 is 17.9 Å². The van der Waals surface area contributed by atoms with Gasteiger partial charge in [-0.3, -0.25) is 14.4 Å². The molecular formula is C10H14O8. The highest BCUT2D eigenvalue weighted by Gasteiger charge is 2.53. The first-order valence-electron chi connectivity index (χ1n) is 5.01. The maximum atomic E-state index is 11.5. The number of carbonyl (C=O) groups is 4. The Morgan fingerprint density at radius 1 is 1.22 bits per heavy atom. The summed E-state index contributed by atoms with van der Waals surface area (Å²) in [4.78, 5) is 44.2. The normalized spacial score (nSPS) is 15.3. The summed E-state index contributed by atoms with van der Waals surface area (Å²) in [6.45, 7) is 2.16. The number of hydrogen-bond donors (Lipinski definition) is 3. The van der Waals surface area contributed by atoms with Gasteiger partial charge < -0.3 is 20.1 Å². The van der Waals surface area contributed by atoms with Crippen LogP contribution in [0.3, 0.4) is 0 Å². The van der Waals surface area contributed by atoms with Crippen molar-refractivity contribution in [3.8, 4) is 0 Å². The van der Waals surface area contributed by atoms with Gasteiger partial charge in [-0.25, -0.2) is 4.79 Å². The summed E-state index contributed by atoms with van der Waals surface area (Å²) in [5.74, 6) is -7.96. The minimum Gasteiger partial charge on any atom is -0.481 e. The molecule has 0 aromatic heterocycles. The second-order valence-corrected chi connectivity index (χ2v) is 3.60. The molecule has 2 unspecified atom stereocenters. The lowest BCUT2D eigenvalue weighted by molar-refractivity contribution is -0.182. The van der Waals surface area contributed by atoms with Crippen LogP contribution in [0.1, 0.15) is 20.3 Å². The van der Waals surface area contributed by atoms with Gasteiger partial charge in [0, 0.05) is 0 Å². The Kier molecular flexibility index (Phi) is 5.44. The summed E-state index contributed by atoms with van der Waals surface area (Å²) in [5, 5.41) is 27.2. The van der Waals surface area contributed by atoms with E-state index in [9.17, 15) is 24.3 Å². The van der Waals surface area contributed by atoms with Crippen molar-refractivity contribution in [3.63, 3.8) is 0 Å². The van der Waals surface area contributed by atoms with Gasteiger partial charge in [0.1, 0.15) is 5.78 Å². The smallest absolute Gasteiger partial charge is 0.337 e. The highest BCUT2D eigenvalue weighted by atomic mass is 16.5. The standard InChI is InChI=1S/C10H14O8/c1-3-18-8(14)7(5(2)11)10(17,9(15)16)4-6(12)13/h7,17H,3-4H2,1-2H3,(H,12,13)(H,15,16). The maximum Gasteiger partial charge on any atom is 0.337 e. The van der Waals surface area contributed by atoms with Crippen molar-refractivity contribution in [2.75, 3.05) is 6.61 Å². The number of carbonyl (C=O) groups excluding carboxylic acids is 2. The first kappa shape index (κ1) is 16.0. The van der Waals surface area contributed by atoms with Crippen molar-refractivity contribution in [2.24, 2.45) is 5.92 Å². The van der Waals surface area contributed by atoms with E-state index < -0.39 is 41.6 Å². The van der Waals surface area contributed by atoms with Crippen LogP contribution in [0.5, 0.6) is 0 Å². The Morgan fingerprint density at radius 2 is 1.72 bits per heavy atom. The van der Waals surface area contributed by atoms with Gasteiger partial charge in [0.2, 0.25) is 0 Å². The number of hydrogen-bond acceptors (Lipinski definition) is 6. The monoisotopic (exact) mass is 262 g/mol. The molecule has 102 valence electrons. The van der Waals surface area contributed by atoms with Gasteiger partial charge in [0.15, 0.2) is 11.5 Å². The van der Waals surface area contributed by atoms with Crippen LogP contribution in [0, 0.1) is 5.92 Å².